The molecular formula is C19H24O2S2. The molecule has 1 saturated heterocycles. The Hall–Kier alpha value is -0.740. The quantitative estimate of drug-likeness (QED) is 0.713. The minimum absolute atomic E-state index is 0.132. The van der Waals surface area contributed by atoms with Crippen molar-refractivity contribution in [3.05, 3.63) is 34.9 Å². The van der Waals surface area contributed by atoms with Crippen molar-refractivity contribution in [2.75, 3.05) is 11.5 Å². The van der Waals surface area contributed by atoms with Crippen LogP contribution < -0.4 is 0 Å². The SMILES string of the molecule is CC1=C[C@@H](c2c(O)cc(C3SCCS3)cc2O)[C@H]2C[C@@H]1C2(C)C. The van der Waals surface area contributed by atoms with E-state index < -0.39 is 0 Å². The standard InChI is InChI=1S/C19H24O2S2/c1-10-6-12(14-9-13(10)19(14,2)3)17-15(20)7-11(8-16(17)21)18-22-4-5-23-18/h6-8,12-14,18,20-21H,4-5,9H2,1-3H3/t12-,13+,14-/m1/s1. The maximum Gasteiger partial charge on any atom is 0.123 e. The van der Waals surface area contributed by atoms with E-state index in [1.165, 1.54) is 12.0 Å². The molecule has 0 spiro atoms. The summed E-state index contributed by atoms with van der Waals surface area (Å²) in [6, 6.07) is 3.76. The van der Waals surface area contributed by atoms with E-state index in [1.54, 1.807) is 0 Å². The van der Waals surface area contributed by atoms with Crippen LogP contribution in [0.5, 0.6) is 11.5 Å². The molecule has 4 heteroatoms. The van der Waals surface area contributed by atoms with Crippen LogP contribution in [-0.2, 0) is 0 Å². The van der Waals surface area contributed by atoms with Crippen molar-refractivity contribution in [2.45, 2.75) is 37.7 Å². The third kappa shape index (κ3) is 2.32. The van der Waals surface area contributed by atoms with E-state index in [0.29, 0.717) is 16.4 Å². The molecule has 1 aromatic carbocycles. The molecule has 2 fully saturated rings. The topological polar surface area (TPSA) is 40.5 Å². The first-order valence-corrected chi connectivity index (χ1v) is 10.5. The van der Waals surface area contributed by atoms with Gasteiger partial charge in [0.05, 0.1) is 4.58 Å². The second-order valence-corrected chi connectivity index (χ2v) is 10.4. The van der Waals surface area contributed by atoms with Gasteiger partial charge in [-0.3, -0.25) is 0 Å². The van der Waals surface area contributed by atoms with Crippen LogP contribution in [0, 0.1) is 17.3 Å². The van der Waals surface area contributed by atoms with Crippen LogP contribution in [0.1, 0.15) is 48.8 Å². The fourth-order valence-electron chi connectivity index (χ4n) is 4.81. The molecule has 0 unspecified atom stereocenters. The summed E-state index contributed by atoms with van der Waals surface area (Å²) < 4.78 is 0.342. The highest BCUT2D eigenvalue weighted by Crippen LogP contribution is 2.65. The highest BCUT2D eigenvalue weighted by Gasteiger charge is 2.55. The number of allylic oxidation sites excluding steroid dienone is 2. The van der Waals surface area contributed by atoms with E-state index in [9.17, 15) is 10.2 Å². The summed E-state index contributed by atoms with van der Waals surface area (Å²) in [6.07, 6.45) is 3.45. The maximum atomic E-state index is 10.7. The van der Waals surface area contributed by atoms with Crippen LogP contribution in [0.25, 0.3) is 0 Å². The summed E-state index contributed by atoms with van der Waals surface area (Å²) in [5, 5.41) is 21.3. The minimum Gasteiger partial charge on any atom is -0.507 e. The lowest BCUT2D eigenvalue weighted by atomic mass is 9.45. The Morgan fingerprint density at radius 3 is 2.22 bits per heavy atom. The van der Waals surface area contributed by atoms with E-state index in [-0.39, 0.29) is 22.8 Å². The zero-order valence-corrected chi connectivity index (χ0v) is 15.5. The summed E-state index contributed by atoms with van der Waals surface area (Å²) in [5.41, 5.74) is 3.45. The Labute approximate surface area is 146 Å². The van der Waals surface area contributed by atoms with Gasteiger partial charge in [-0.25, -0.2) is 0 Å². The smallest absolute Gasteiger partial charge is 0.123 e. The lowest BCUT2D eigenvalue weighted by Gasteiger charge is -2.59. The van der Waals surface area contributed by atoms with Crippen LogP contribution >= 0.6 is 23.5 Å². The number of benzene rings is 1. The van der Waals surface area contributed by atoms with Crippen molar-refractivity contribution >= 4 is 23.5 Å². The first-order chi connectivity index (χ1) is 10.9. The van der Waals surface area contributed by atoms with Crippen LogP contribution in [-0.4, -0.2) is 21.7 Å². The number of hydrogen-bond donors (Lipinski definition) is 2. The average molecular weight is 349 g/mol. The van der Waals surface area contributed by atoms with Crippen molar-refractivity contribution in [3.8, 4) is 11.5 Å². The minimum atomic E-state index is 0.132. The van der Waals surface area contributed by atoms with Gasteiger partial charge >= 0.3 is 0 Å². The molecule has 1 aliphatic heterocycles. The summed E-state index contributed by atoms with van der Waals surface area (Å²) in [4.78, 5) is 0. The summed E-state index contributed by atoms with van der Waals surface area (Å²) in [5.74, 6) is 4.12. The van der Waals surface area contributed by atoms with Crippen LogP contribution in [0.2, 0.25) is 0 Å². The van der Waals surface area contributed by atoms with Gasteiger partial charge in [0.25, 0.3) is 0 Å². The fourth-order valence-corrected chi connectivity index (χ4v) is 7.63. The van der Waals surface area contributed by atoms with Crippen molar-refractivity contribution < 1.29 is 10.2 Å². The van der Waals surface area contributed by atoms with Crippen molar-refractivity contribution in [3.63, 3.8) is 0 Å². The second kappa shape index (κ2) is 5.38. The molecule has 1 aromatic rings. The van der Waals surface area contributed by atoms with Crippen molar-refractivity contribution in [1.82, 2.24) is 0 Å². The van der Waals surface area contributed by atoms with Gasteiger partial charge in [0, 0.05) is 23.0 Å². The molecule has 2 bridgehead atoms. The van der Waals surface area contributed by atoms with Crippen LogP contribution in [0.3, 0.4) is 0 Å². The molecule has 0 amide bonds. The molecule has 1 saturated carbocycles. The lowest BCUT2D eigenvalue weighted by molar-refractivity contribution is -0.0198. The predicted octanol–water partition coefficient (Wildman–Crippen LogP) is 5.28. The normalized spacial score (nSPS) is 32.5. The van der Waals surface area contributed by atoms with Gasteiger partial charge < -0.3 is 10.2 Å². The third-order valence-corrected chi connectivity index (χ3v) is 9.26. The largest absolute Gasteiger partial charge is 0.507 e. The molecule has 2 nitrogen and oxygen atoms in total. The maximum absolute atomic E-state index is 10.7. The lowest BCUT2D eigenvalue weighted by Crippen LogP contribution is -2.50. The van der Waals surface area contributed by atoms with Gasteiger partial charge in [-0.2, -0.15) is 0 Å². The Morgan fingerprint density at radius 2 is 1.70 bits per heavy atom. The number of phenols is 2. The number of rotatable bonds is 2. The van der Waals surface area contributed by atoms with Gasteiger partial charge in [0.1, 0.15) is 11.5 Å². The monoisotopic (exact) mass is 348 g/mol. The first kappa shape index (κ1) is 15.8. The van der Waals surface area contributed by atoms with Crippen LogP contribution in [0.4, 0.5) is 0 Å². The van der Waals surface area contributed by atoms with E-state index in [1.807, 2.05) is 35.7 Å². The summed E-state index contributed by atoms with van der Waals surface area (Å²) in [6.45, 7) is 6.84. The zero-order chi connectivity index (χ0) is 16.4. The van der Waals surface area contributed by atoms with E-state index in [0.717, 1.165) is 22.6 Å². The molecule has 0 aromatic heterocycles. The molecule has 23 heavy (non-hydrogen) atoms. The number of phenolic OH excluding ortho intramolecular Hbond substituents is 2. The molecule has 5 rings (SSSR count). The Bertz CT molecular complexity index is 651. The molecule has 3 aliphatic carbocycles. The van der Waals surface area contributed by atoms with Gasteiger partial charge in [-0.05, 0) is 48.3 Å². The van der Waals surface area contributed by atoms with Crippen molar-refractivity contribution in [2.24, 2.45) is 17.3 Å². The predicted molar refractivity (Wildman–Crippen MR) is 99.3 cm³/mol. The number of thioether (sulfide) groups is 2. The number of hydrogen-bond acceptors (Lipinski definition) is 4. The molecule has 2 N–H and O–H groups in total. The molecule has 0 radical (unpaired) electrons. The van der Waals surface area contributed by atoms with Gasteiger partial charge in [0.15, 0.2) is 0 Å². The number of aromatic hydroxyl groups is 2. The Morgan fingerprint density at radius 1 is 1.09 bits per heavy atom. The van der Waals surface area contributed by atoms with E-state index in [4.69, 9.17) is 0 Å². The van der Waals surface area contributed by atoms with Gasteiger partial charge in [-0.1, -0.05) is 25.5 Å². The first-order valence-electron chi connectivity index (χ1n) is 8.37. The second-order valence-electron chi connectivity index (χ2n) is 7.70. The van der Waals surface area contributed by atoms with Crippen molar-refractivity contribution in [1.29, 1.82) is 0 Å². The number of fused-ring (bicyclic) bond motifs is 1. The van der Waals surface area contributed by atoms with Gasteiger partial charge in [-0.15, -0.1) is 23.5 Å². The zero-order valence-electron chi connectivity index (χ0n) is 13.9. The summed E-state index contributed by atoms with van der Waals surface area (Å²) >= 11 is 3.78. The van der Waals surface area contributed by atoms with E-state index >= 15 is 0 Å². The van der Waals surface area contributed by atoms with Crippen LogP contribution in [0.15, 0.2) is 23.8 Å². The third-order valence-electron chi connectivity index (χ3n) is 6.15. The summed E-state index contributed by atoms with van der Waals surface area (Å²) in [7, 11) is 0. The molecule has 3 atom stereocenters. The fraction of sp³-hybridized carbons (Fsp3) is 0.579. The molecule has 1 heterocycles. The highest BCUT2D eigenvalue weighted by atomic mass is 32.2. The highest BCUT2D eigenvalue weighted by molar-refractivity contribution is 8.19. The average Bonchev–Trinajstić information content (AvgIpc) is 2.99. The Kier molecular flexibility index (Phi) is 3.69. The molecule has 124 valence electrons. The molecular weight excluding hydrogens is 324 g/mol. The van der Waals surface area contributed by atoms with Gasteiger partial charge in [0.2, 0.25) is 0 Å². The van der Waals surface area contributed by atoms with E-state index in [2.05, 4.69) is 26.8 Å². The molecule has 4 aliphatic rings. The Balaban J connectivity index is 1.73.